The van der Waals surface area contributed by atoms with Gasteiger partial charge in [-0.3, -0.25) is 4.79 Å². The molecule has 0 aliphatic carbocycles. The number of primary amides is 1. The number of hydrogen-bond donors (Lipinski definition) is 2. The molecule has 2 aromatic carbocycles. The fourth-order valence-corrected chi connectivity index (χ4v) is 2.11. The van der Waals surface area contributed by atoms with Crippen LogP contribution in [0.4, 0.5) is 0 Å². The number of hydrogen-bond acceptors (Lipinski definition) is 3. The Hall–Kier alpha value is -2.33. The summed E-state index contributed by atoms with van der Waals surface area (Å²) in [6.45, 7) is 0.726. The molecule has 4 nitrogen and oxygen atoms in total. The number of ether oxygens (including phenoxy) is 1. The minimum Gasteiger partial charge on any atom is -0.489 e. The summed E-state index contributed by atoms with van der Waals surface area (Å²) < 4.78 is 5.86. The van der Waals surface area contributed by atoms with Crippen LogP contribution in [-0.4, -0.2) is 12.5 Å². The zero-order valence-electron chi connectivity index (χ0n) is 11.9. The third kappa shape index (κ3) is 4.33. The predicted molar refractivity (Wildman–Crippen MR) is 82.7 cm³/mol. The molecule has 1 unspecified atom stereocenters. The Kier molecular flexibility index (Phi) is 5.35. The average molecular weight is 284 g/mol. The van der Waals surface area contributed by atoms with Crippen molar-refractivity contribution in [1.29, 1.82) is 0 Å². The summed E-state index contributed by atoms with van der Waals surface area (Å²) in [5.74, 6) is 0.0166. The number of amides is 1. The highest BCUT2D eigenvalue weighted by atomic mass is 16.5. The monoisotopic (exact) mass is 284 g/mol. The van der Waals surface area contributed by atoms with Crippen LogP contribution in [0.15, 0.2) is 54.6 Å². The van der Waals surface area contributed by atoms with Crippen LogP contribution in [-0.2, 0) is 17.8 Å². The topological polar surface area (TPSA) is 78.3 Å². The molecule has 0 saturated heterocycles. The summed E-state index contributed by atoms with van der Waals surface area (Å²) in [7, 11) is 0. The van der Waals surface area contributed by atoms with Crippen molar-refractivity contribution in [3.05, 3.63) is 65.7 Å². The van der Waals surface area contributed by atoms with Gasteiger partial charge in [0.15, 0.2) is 0 Å². The molecule has 0 radical (unpaired) electrons. The summed E-state index contributed by atoms with van der Waals surface area (Å²) in [4.78, 5) is 11.3. The third-order valence-electron chi connectivity index (χ3n) is 3.36. The highest BCUT2D eigenvalue weighted by Crippen LogP contribution is 2.22. The molecule has 1 amide bonds. The predicted octanol–water partition coefficient (Wildman–Crippen LogP) is 1.87. The number of carbonyl (C=O) groups excluding carboxylic acids is 1. The Morgan fingerprint density at radius 3 is 2.38 bits per heavy atom. The average Bonchev–Trinajstić information content (AvgIpc) is 2.52. The van der Waals surface area contributed by atoms with E-state index in [9.17, 15) is 4.79 Å². The summed E-state index contributed by atoms with van der Waals surface area (Å²) in [6, 6.07) is 17.6. The molecule has 0 fully saturated rings. The lowest BCUT2D eigenvalue weighted by atomic mass is 9.98. The lowest BCUT2D eigenvalue weighted by Gasteiger charge is -2.15. The second kappa shape index (κ2) is 7.45. The molecule has 0 spiro atoms. The van der Waals surface area contributed by atoms with Crippen LogP contribution in [0.1, 0.15) is 11.1 Å². The molecule has 4 N–H and O–H groups in total. The van der Waals surface area contributed by atoms with Gasteiger partial charge in [0.25, 0.3) is 0 Å². The van der Waals surface area contributed by atoms with Crippen molar-refractivity contribution in [2.75, 3.05) is 6.54 Å². The van der Waals surface area contributed by atoms with Gasteiger partial charge < -0.3 is 16.2 Å². The first kappa shape index (κ1) is 15.1. The Labute approximate surface area is 124 Å². The maximum Gasteiger partial charge on any atom is 0.222 e. The van der Waals surface area contributed by atoms with Crippen LogP contribution < -0.4 is 16.2 Å². The molecule has 2 aromatic rings. The van der Waals surface area contributed by atoms with Crippen molar-refractivity contribution in [3.63, 3.8) is 0 Å². The lowest BCUT2D eigenvalue weighted by molar-refractivity contribution is -0.121. The van der Waals surface area contributed by atoms with Gasteiger partial charge in [-0.2, -0.15) is 0 Å². The second-order valence-corrected chi connectivity index (χ2v) is 4.92. The molecule has 0 saturated carbocycles. The highest BCUT2D eigenvalue weighted by Gasteiger charge is 2.16. The quantitative estimate of drug-likeness (QED) is 0.814. The van der Waals surface area contributed by atoms with Crippen LogP contribution in [0.5, 0.6) is 5.75 Å². The van der Waals surface area contributed by atoms with Crippen molar-refractivity contribution in [3.8, 4) is 5.75 Å². The van der Waals surface area contributed by atoms with E-state index in [4.69, 9.17) is 16.2 Å². The number of carbonyl (C=O) groups is 1. The van der Waals surface area contributed by atoms with E-state index in [0.717, 1.165) is 16.9 Å². The van der Waals surface area contributed by atoms with Crippen LogP contribution >= 0.6 is 0 Å². The summed E-state index contributed by atoms with van der Waals surface area (Å²) in [5.41, 5.74) is 13.0. The first-order valence-electron chi connectivity index (χ1n) is 6.94. The van der Waals surface area contributed by atoms with E-state index in [-0.39, 0.29) is 18.4 Å². The number of benzene rings is 2. The SMILES string of the molecule is NCC(Cc1ccccc1OCc1ccccc1)C(N)=O. The van der Waals surface area contributed by atoms with Crippen LogP contribution in [0.25, 0.3) is 0 Å². The standard InChI is InChI=1S/C17H20N2O2/c18-11-15(17(19)20)10-14-8-4-5-9-16(14)21-12-13-6-2-1-3-7-13/h1-9,15H,10-12,18H2,(H2,19,20). The van der Waals surface area contributed by atoms with E-state index in [1.54, 1.807) is 0 Å². The minimum atomic E-state index is -0.379. The molecule has 4 heteroatoms. The van der Waals surface area contributed by atoms with Crippen molar-refractivity contribution in [1.82, 2.24) is 0 Å². The Morgan fingerprint density at radius 1 is 1.05 bits per heavy atom. The van der Waals surface area contributed by atoms with E-state index >= 15 is 0 Å². The lowest BCUT2D eigenvalue weighted by Crippen LogP contribution is -2.31. The second-order valence-electron chi connectivity index (χ2n) is 4.92. The Morgan fingerprint density at radius 2 is 1.71 bits per heavy atom. The molecule has 0 aliphatic rings. The van der Waals surface area contributed by atoms with E-state index in [1.807, 2.05) is 54.6 Å². The Balaban J connectivity index is 2.08. The number of para-hydroxylation sites is 1. The van der Waals surface area contributed by atoms with Gasteiger partial charge in [0.05, 0.1) is 5.92 Å². The van der Waals surface area contributed by atoms with Crippen LogP contribution in [0.3, 0.4) is 0 Å². The van der Waals surface area contributed by atoms with Gasteiger partial charge in [-0.15, -0.1) is 0 Å². The third-order valence-corrected chi connectivity index (χ3v) is 3.36. The summed E-state index contributed by atoms with van der Waals surface area (Å²) >= 11 is 0. The minimum absolute atomic E-state index is 0.238. The fraction of sp³-hybridized carbons (Fsp3) is 0.235. The highest BCUT2D eigenvalue weighted by molar-refractivity contribution is 5.77. The van der Waals surface area contributed by atoms with Gasteiger partial charge >= 0.3 is 0 Å². The molecule has 1 atom stereocenters. The first-order chi connectivity index (χ1) is 10.2. The molecule has 21 heavy (non-hydrogen) atoms. The molecule has 0 aliphatic heterocycles. The smallest absolute Gasteiger partial charge is 0.222 e. The van der Waals surface area contributed by atoms with Gasteiger partial charge in [0.2, 0.25) is 5.91 Å². The number of nitrogens with two attached hydrogens (primary N) is 2. The van der Waals surface area contributed by atoms with Gasteiger partial charge in [-0.1, -0.05) is 48.5 Å². The molecule has 0 bridgehead atoms. The molecule has 110 valence electrons. The van der Waals surface area contributed by atoms with E-state index in [1.165, 1.54) is 0 Å². The fourth-order valence-electron chi connectivity index (χ4n) is 2.11. The van der Waals surface area contributed by atoms with Gasteiger partial charge in [-0.25, -0.2) is 0 Å². The Bertz CT molecular complexity index is 584. The largest absolute Gasteiger partial charge is 0.489 e. The van der Waals surface area contributed by atoms with Crippen molar-refractivity contribution in [2.24, 2.45) is 17.4 Å². The maximum absolute atomic E-state index is 11.3. The molecule has 0 aromatic heterocycles. The van der Waals surface area contributed by atoms with Crippen LogP contribution in [0.2, 0.25) is 0 Å². The van der Waals surface area contributed by atoms with Crippen molar-refractivity contribution < 1.29 is 9.53 Å². The molecular formula is C17H20N2O2. The van der Waals surface area contributed by atoms with Crippen molar-refractivity contribution in [2.45, 2.75) is 13.0 Å². The van der Waals surface area contributed by atoms with Gasteiger partial charge in [0.1, 0.15) is 12.4 Å². The zero-order valence-corrected chi connectivity index (χ0v) is 11.9. The summed E-state index contributed by atoms with van der Waals surface area (Å²) in [5, 5.41) is 0. The maximum atomic E-state index is 11.3. The first-order valence-corrected chi connectivity index (χ1v) is 6.94. The van der Waals surface area contributed by atoms with E-state index < -0.39 is 0 Å². The number of rotatable bonds is 7. The van der Waals surface area contributed by atoms with Gasteiger partial charge in [-0.05, 0) is 23.6 Å². The summed E-state index contributed by atoms with van der Waals surface area (Å²) in [6.07, 6.45) is 0.497. The zero-order chi connectivity index (χ0) is 15.1. The van der Waals surface area contributed by atoms with Crippen molar-refractivity contribution >= 4 is 5.91 Å². The van der Waals surface area contributed by atoms with E-state index in [0.29, 0.717) is 13.0 Å². The molecule has 0 heterocycles. The van der Waals surface area contributed by atoms with E-state index in [2.05, 4.69) is 0 Å². The normalized spacial score (nSPS) is 11.9. The van der Waals surface area contributed by atoms with Crippen LogP contribution in [0, 0.1) is 5.92 Å². The van der Waals surface area contributed by atoms with Gasteiger partial charge in [0, 0.05) is 6.54 Å². The molecule has 2 rings (SSSR count). The molecular weight excluding hydrogens is 264 g/mol.